The van der Waals surface area contributed by atoms with Crippen molar-refractivity contribution in [2.24, 2.45) is 17.5 Å². The maximum absolute atomic E-state index is 5.71. The highest BCUT2D eigenvalue weighted by atomic mass is 16.5. The SMILES string of the molecule is Cc1nnc(CN=C(NCC2CCCO2)NC(C)CCC(C)(C)C)n1C. The van der Waals surface area contributed by atoms with Crippen LogP contribution in [0.5, 0.6) is 0 Å². The van der Waals surface area contributed by atoms with Crippen LogP contribution in [0.1, 0.15) is 65.0 Å². The second-order valence-electron chi connectivity index (χ2n) is 8.55. The summed E-state index contributed by atoms with van der Waals surface area (Å²) in [7, 11) is 1.97. The van der Waals surface area contributed by atoms with Gasteiger partial charge in [-0.3, -0.25) is 0 Å². The monoisotopic (exact) mass is 364 g/mol. The van der Waals surface area contributed by atoms with E-state index in [2.05, 4.69) is 48.5 Å². The number of guanidine groups is 1. The fraction of sp³-hybridized carbons (Fsp3) is 0.842. The van der Waals surface area contributed by atoms with Gasteiger partial charge >= 0.3 is 0 Å². The van der Waals surface area contributed by atoms with Crippen molar-refractivity contribution in [3.8, 4) is 0 Å². The summed E-state index contributed by atoms with van der Waals surface area (Å²) in [4.78, 5) is 4.73. The molecule has 26 heavy (non-hydrogen) atoms. The number of hydrogen-bond donors (Lipinski definition) is 2. The van der Waals surface area contributed by atoms with Gasteiger partial charge in [0.15, 0.2) is 11.8 Å². The Kier molecular flexibility index (Phi) is 7.43. The maximum atomic E-state index is 5.71. The van der Waals surface area contributed by atoms with E-state index >= 15 is 0 Å². The number of aliphatic imine (C=N–C) groups is 1. The third kappa shape index (κ3) is 6.94. The lowest BCUT2D eigenvalue weighted by Gasteiger charge is -2.23. The molecule has 1 saturated heterocycles. The molecule has 1 fully saturated rings. The van der Waals surface area contributed by atoms with Crippen LogP contribution in [-0.2, 0) is 18.3 Å². The minimum Gasteiger partial charge on any atom is -0.376 e. The Hall–Kier alpha value is -1.63. The summed E-state index contributed by atoms with van der Waals surface area (Å²) in [6.45, 7) is 13.2. The first kappa shape index (κ1) is 20.7. The predicted octanol–water partition coefficient (Wildman–Crippen LogP) is 2.55. The topological polar surface area (TPSA) is 76.4 Å². The van der Waals surface area contributed by atoms with Crippen molar-refractivity contribution in [3.05, 3.63) is 11.6 Å². The van der Waals surface area contributed by atoms with Gasteiger partial charge in [0.25, 0.3) is 0 Å². The molecule has 7 nitrogen and oxygen atoms in total. The highest BCUT2D eigenvalue weighted by molar-refractivity contribution is 5.80. The number of nitrogens with zero attached hydrogens (tertiary/aromatic N) is 4. The Morgan fingerprint density at radius 1 is 1.38 bits per heavy atom. The molecular weight excluding hydrogens is 328 g/mol. The first-order valence-electron chi connectivity index (χ1n) is 9.76. The second-order valence-corrected chi connectivity index (χ2v) is 8.55. The van der Waals surface area contributed by atoms with Crippen LogP contribution in [0.3, 0.4) is 0 Å². The fourth-order valence-electron chi connectivity index (χ4n) is 2.86. The van der Waals surface area contributed by atoms with Crippen molar-refractivity contribution in [1.82, 2.24) is 25.4 Å². The van der Waals surface area contributed by atoms with E-state index in [4.69, 9.17) is 9.73 Å². The molecule has 1 aliphatic heterocycles. The number of nitrogens with one attached hydrogen (secondary N) is 2. The number of aromatic nitrogens is 3. The van der Waals surface area contributed by atoms with Gasteiger partial charge in [-0.05, 0) is 44.9 Å². The maximum Gasteiger partial charge on any atom is 0.192 e. The molecule has 7 heteroatoms. The third-order valence-corrected chi connectivity index (χ3v) is 4.79. The summed E-state index contributed by atoms with van der Waals surface area (Å²) in [5.74, 6) is 2.58. The Bertz CT molecular complexity index is 583. The fourth-order valence-corrected chi connectivity index (χ4v) is 2.86. The molecule has 2 rings (SSSR count). The van der Waals surface area contributed by atoms with Crippen LogP contribution in [0.4, 0.5) is 0 Å². The van der Waals surface area contributed by atoms with Gasteiger partial charge in [-0.2, -0.15) is 0 Å². The molecule has 0 aromatic carbocycles. The molecule has 0 spiro atoms. The summed E-state index contributed by atoms with van der Waals surface area (Å²) in [5.41, 5.74) is 0.342. The quantitative estimate of drug-likeness (QED) is 0.574. The molecule has 2 N–H and O–H groups in total. The normalized spacial score (nSPS) is 19.6. The summed E-state index contributed by atoms with van der Waals surface area (Å²) in [5, 5.41) is 15.3. The Labute approximate surface area is 158 Å². The third-order valence-electron chi connectivity index (χ3n) is 4.79. The predicted molar refractivity (Wildman–Crippen MR) is 105 cm³/mol. The molecule has 0 aliphatic carbocycles. The van der Waals surface area contributed by atoms with Crippen LogP contribution >= 0.6 is 0 Å². The van der Waals surface area contributed by atoms with Gasteiger partial charge in [-0.15, -0.1) is 10.2 Å². The molecule has 148 valence electrons. The van der Waals surface area contributed by atoms with Crippen LogP contribution in [0, 0.1) is 12.3 Å². The van der Waals surface area contributed by atoms with Gasteiger partial charge in [0.05, 0.1) is 6.10 Å². The van der Waals surface area contributed by atoms with Crippen LogP contribution in [0.2, 0.25) is 0 Å². The minimum atomic E-state index is 0.281. The van der Waals surface area contributed by atoms with Crippen molar-refractivity contribution in [2.75, 3.05) is 13.2 Å². The molecule has 1 aromatic rings. The van der Waals surface area contributed by atoms with Gasteiger partial charge in [0.1, 0.15) is 12.4 Å². The molecule has 0 radical (unpaired) electrons. The van der Waals surface area contributed by atoms with Crippen LogP contribution in [0.25, 0.3) is 0 Å². The first-order valence-corrected chi connectivity index (χ1v) is 9.76. The molecule has 2 unspecified atom stereocenters. The average molecular weight is 365 g/mol. The number of aryl methyl sites for hydroxylation is 1. The molecule has 0 bridgehead atoms. The minimum absolute atomic E-state index is 0.281. The molecule has 2 heterocycles. The van der Waals surface area contributed by atoms with E-state index in [1.54, 1.807) is 0 Å². The highest BCUT2D eigenvalue weighted by Crippen LogP contribution is 2.21. The Balaban J connectivity index is 1.95. The zero-order valence-electron chi connectivity index (χ0n) is 17.3. The highest BCUT2D eigenvalue weighted by Gasteiger charge is 2.17. The van der Waals surface area contributed by atoms with Crippen molar-refractivity contribution in [1.29, 1.82) is 0 Å². The first-order chi connectivity index (χ1) is 12.2. The Morgan fingerprint density at radius 3 is 2.73 bits per heavy atom. The van der Waals surface area contributed by atoms with E-state index < -0.39 is 0 Å². The number of hydrogen-bond acceptors (Lipinski definition) is 4. The Morgan fingerprint density at radius 2 is 2.15 bits per heavy atom. The zero-order chi connectivity index (χ0) is 19.2. The van der Waals surface area contributed by atoms with Crippen LogP contribution in [-0.4, -0.2) is 46.0 Å². The van der Waals surface area contributed by atoms with Gasteiger partial charge in [-0.1, -0.05) is 20.8 Å². The largest absolute Gasteiger partial charge is 0.376 e. The molecule has 0 saturated carbocycles. The number of rotatable bonds is 7. The molecule has 2 atom stereocenters. The lowest BCUT2D eigenvalue weighted by atomic mass is 9.89. The van der Waals surface area contributed by atoms with E-state index in [-0.39, 0.29) is 6.10 Å². The van der Waals surface area contributed by atoms with Gasteiger partial charge in [0, 0.05) is 26.2 Å². The van der Waals surface area contributed by atoms with Gasteiger partial charge < -0.3 is 19.9 Å². The van der Waals surface area contributed by atoms with Gasteiger partial charge in [-0.25, -0.2) is 4.99 Å². The van der Waals surface area contributed by atoms with Crippen molar-refractivity contribution in [3.63, 3.8) is 0 Å². The smallest absolute Gasteiger partial charge is 0.192 e. The zero-order valence-corrected chi connectivity index (χ0v) is 17.3. The summed E-state index contributed by atoms with van der Waals surface area (Å²) in [6, 6.07) is 0.353. The van der Waals surface area contributed by atoms with Crippen molar-refractivity contribution >= 4 is 5.96 Å². The van der Waals surface area contributed by atoms with Crippen molar-refractivity contribution < 1.29 is 4.74 Å². The van der Waals surface area contributed by atoms with E-state index in [1.807, 2.05) is 18.5 Å². The average Bonchev–Trinajstić information content (AvgIpc) is 3.19. The summed E-state index contributed by atoms with van der Waals surface area (Å²) >= 11 is 0. The van der Waals surface area contributed by atoms with E-state index in [0.29, 0.717) is 18.0 Å². The van der Waals surface area contributed by atoms with Crippen LogP contribution in [0.15, 0.2) is 4.99 Å². The molecule has 1 aliphatic rings. The standard InChI is InChI=1S/C19H36N6O/c1-14(9-10-19(3,4)5)22-18(20-12-16-8-7-11-26-16)21-13-17-24-23-15(2)25(17)6/h14,16H,7-13H2,1-6H3,(H2,20,21,22). The lowest BCUT2D eigenvalue weighted by Crippen LogP contribution is -2.45. The summed E-state index contributed by atoms with van der Waals surface area (Å²) < 4.78 is 7.69. The summed E-state index contributed by atoms with van der Waals surface area (Å²) in [6.07, 6.45) is 4.81. The van der Waals surface area contributed by atoms with E-state index in [1.165, 1.54) is 6.42 Å². The lowest BCUT2D eigenvalue weighted by molar-refractivity contribution is 0.113. The van der Waals surface area contributed by atoms with E-state index in [0.717, 1.165) is 50.0 Å². The van der Waals surface area contributed by atoms with Gasteiger partial charge in [0.2, 0.25) is 0 Å². The van der Waals surface area contributed by atoms with Crippen LogP contribution < -0.4 is 10.6 Å². The van der Waals surface area contributed by atoms with E-state index in [9.17, 15) is 0 Å². The molecule has 1 aromatic heterocycles. The molecule has 0 amide bonds. The second kappa shape index (κ2) is 9.35. The molecular formula is C19H36N6O. The number of ether oxygens (including phenoxy) is 1. The van der Waals surface area contributed by atoms with Crippen molar-refractivity contribution in [2.45, 2.75) is 79.0 Å².